The summed E-state index contributed by atoms with van der Waals surface area (Å²) >= 11 is 0. The van der Waals surface area contributed by atoms with Crippen molar-refractivity contribution < 1.29 is 9.84 Å². The number of hydrogen-bond donors (Lipinski definition) is 1. The Morgan fingerprint density at radius 1 is 1.17 bits per heavy atom. The molecular formula is C18H20N4O2. The van der Waals surface area contributed by atoms with E-state index in [0.29, 0.717) is 17.2 Å². The van der Waals surface area contributed by atoms with Gasteiger partial charge in [-0.25, -0.2) is 4.98 Å². The van der Waals surface area contributed by atoms with E-state index in [1.807, 2.05) is 31.2 Å². The van der Waals surface area contributed by atoms with Gasteiger partial charge in [0.05, 0.1) is 18.0 Å². The molecule has 0 fully saturated rings. The summed E-state index contributed by atoms with van der Waals surface area (Å²) in [6.07, 6.45) is 3.95. The molecule has 0 bridgehead atoms. The van der Waals surface area contributed by atoms with Crippen molar-refractivity contribution in [1.82, 2.24) is 9.38 Å². The van der Waals surface area contributed by atoms with Crippen molar-refractivity contribution in [3.05, 3.63) is 48.3 Å². The molecule has 1 aromatic carbocycles. The van der Waals surface area contributed by atoms with Crippen molar-refractivity contribution >= 4 is 17.2 Å². The summed E-state index contributed by atoms with van der Waals surface area (Å²) < 4.78 is 7.35. The molecule has 2 aromatic heterocycles. The van der Waals surface area contributed by atoms with E-state index in [0.717, 1.165) is 30.9 Å². The van der Waals surface area contributed by atoms with E-state index in [9.17, 15) is 5.11 Å². The average molecular weight is 324 g/mol. The van der Waals surface area contributed by atoms with Gasteiger partial charge in [-0.1, -0.05) is 13.3 Å². The standard InChI is InChI=1S/C18H20N4O2/c1-3-4-12-24-15-9-7-14(8-10-15)20-21-17-13(2)19-18-16(23)6-5-11-22(17)18/h5-11,23H,3-4,12H2,1-2H3. The first-order chi connectivity index (χ1) is 11.7. The van der Waals surface area contributed by atoms with Crippen LogP contribution in [0, 0.1) is 6.92 Å². The Bertz CT molecular complexity index is 853. The smallest absolute Gasteiger partial charge is 0.182 e. The molecule has 6 heteroatoms. The maximum atomic E-state index is 9.84. The van der Waals surface area contributed by atoms with Gasteiger partial charge < -0.3 is 9.84 Å². The van der Waals surface area contributed by atoms with E-state index in [2.05, 4.69) is 22.1 Å². The van der Waals surface area contributed by atoms with E-state index in [4.69, 9.17) is 4.74 Å². The lowest BCUT2D eigenvalue weighted by Gasteiger charge is -2.04. The van der Waals surface area contributed by atoms with E-state index >= 15 is 0 Å². The summed E-state index contributed by atoms with van der Waals surface area (Å²) in [5, 5.41) is 18.4. The number of hydrogen-bond acceptors (Lipinski definition) is 5. The molecule has 0 unspecified atom stereocenters. The van der Waals surface area contributed by atoms with Gasteiger partial charge >= 0.3 is 0 Å². The molecule has 1 N–H and O–H groups in total. The highest BCUT2D eigenvalue weighted by atomic mass is 16.5. The molecule has 2 heterocycles. The van der Waals surface area contributed by atoms with Crippen LogP contribution >= 0.6 is 0 Å². The van der Waals surface area contributed by atoms with Crippen LogP contribution in [0.2, 0.25) is 0 Å². The first-order valence-corrected chi connectivity index (χ1v) is 8.00. The number of rotatable bonds is 6. The predicted octanol–water partition coefficient (Wildman–Crippen LogP) is 4.94. The number of aryl methyl sites for hydroxylation is 1. The third-order valence-corrected chi connectivity index (χ3v) is 3.64. The first-order valence-electron chi connectivity index (χ1n) is 8.00. The quantitative estimate of drug-likeness (QED) is 0.515. The molecule has 0 amide bonds. The fourth-order valence-corrected chi connectivity index (χ4v) is 2.32. The van der Waals surface area contributed by atoms with Crippen molar-refractivity contribution in [3.63, 3.8) is 0 Å². The van der Waals surface area contributed by atoms with Crippen molar-refractivity contribution in [1.29, 1.82) is 0 Å². The lowest BCUT2D eigenvalue weighted by molar-refractivity contribution is 0.309. The number of aromatic nitrogens is 2. The number of aromatic hydroxyl groups is 1. The van der Waals surface area contributed by atoms with E-state index in [-0.39, 0.29) is 5.75 Å². The van der Waals surface area contributed by atoms with Gasteiger partial charge in [-0.15, -0.1) is 10.2 Å². The minimum absolute atomic E-state index is 0.121. The molecule has 0 saturated carbocycles. The van der Waals surface area contributed by atoms with Gasteiger partial charge in [0.2, 0.25) is 0 Å². The Labute approximate surface area is 140 Å². The van der Waals surface area contributed by atoms with Crippen LogP contribution in [0.3, 0.4) is 0 Å². The average Bonchev–Trinajstić information content (AvgIpc) is 2.91. The highest BCUT2D eigenvalue weighted by Crippen LogP contribution is 2.27. The van der Waals surface area contributed by atoms with E-state index < -0.39 is 0 Å². The minimum Gasteiger partial charge on any atom is -0.504 e. The van der Waals surface area contributed by atoms with Crippen LogP contribution in [-0.2, 0) is 0 Å². The molecule has 3 rings (SSSR count). The monoisotopic (exact) mass is 324 g/mol. The molecule has 124 valence electrons. The molecule has 0 saturated heterocycles. The molecule has 0 aliphatic heterocycles. The molecule has 24 heavy (non-hydrogen) atoms. The van der Waals surface area contributed by atoms with Gasteiger partial charge in [0.15, 0.2) is 17.2 Å². The third kappa shape index (κ3) is 3.37. The summed E-state index contributed by atoms with van der Waals surface area (Å²) in [5.41, 5.74) is 1.91. The summed E-state index contributed by atoms with van der Waals surface area (Å²) in [6, 6.07) is 10.8. The molecule has 6 nitrogen and oxygen atoms in total. The third-order valence-electron chi connectivity index (χ3n) is 3.64. The summed E-state index contributed by atoms with van der Waals surface area (Å²) in [6.45, 7) is 4.70. The second-order valence-electron chi connectivity index (χ2n) is 5.50. The Balaban J connectivity index is 1.79. The fraction of sp³-hybridized carbons (Fsp3) is 0.278. The number of imidazole rings is 1. The van der Waals surface area contributed by atoms with Crippen LogP contribution in [0.5, 0.6) is 11.5 Å². The van der Waals surface area contributed by atoms with Crippen LogP contribution < -0.4 is 4.74 Å². The highest BCUT2D eigenvalue weighted by Gasteiger charge is 2.10. The number of azo groups is 1. The predicted molar refractivity (Wildman–Crippen MR) is 92.6 cm³/mol. The van der Waals surface area contributed by atoms with Crippen LogP contribution in [0.25, 0.3) is 5.65 Å². The molecule has 0 aliphatic carbocycles. The topological polar surface area (TPSA) is 71.5 Å². The highest BCUT2D eigenvalue weighted by molar-refractivity contribution is 5.59. The Hall–Kier alpha value is -2.89. The van der Waals surface area contributed by atoms with Gasteiger partial charge in [-0.3, -0.25) is 4.40 Å². The van der Waals surface area contributed by atoms with E-state index in [1.165, 1.54) is 0 Å². The number of pyridine rings is 1. The molecule has 0 spiro atoms. The molecule has 0 atom stereocenters. The molecule has 0 radical (unpaired) electrons. The van der Waals surface area contributed by atoms with Crippen molar-refractivity contribution in [2.45, 2.75) is 26.7 Å². The number of unbranched alkanes of at least 4 members (excludes halogenated alkanes) is 1. The molecular weight excluding hydrogens is 304 g/mol. The number of ether oxygens (including phenoxy) is 1. The maximum Gasteiger partial charge on any atom is 0.182 e. The Morgan fingerprint density at radius 2 is 1.96 bits per heavy atom. The van der Waals surface area contributed by atoms with Crippen LogP contribution in [0.1, 0.15) is 25.5 Å². The lowest BCUT2D eigenvalue weighted by Crippen LogP contribution is -1.95. The molecule has 3 aromatic rings. The second kappa shape index (κ2) is 7.12. The SMILES string of the molecule is CCCCOc1ccc(N=Nc2c(C)nc3c(O)cccn23)cc1. The second-order valence-corrected chi connectivity index (χ2v) is 5.50. The number of nitrogens with zero attached hydrogens (tertiary/aromatic N) is 4. The first kappa shape index (κ1) is 16.0. The summed E-state index contributed by atoms with van der Waals surface area (Å²) in [4.78, 5) is 4.32. The zero-order valence-corrected chi connectivity index (χ0v) is 13.8. The van der Waals surface area contributed by atoms with Gasteiger partial charge in [0.1, 0.15) is 5.75 Å². The number of benzene rings is 1. The lowest BCUT2D eigenvalue weighted by atomic mass is 10.3. The normalized spacial score (nSPS) is 11.4. The van der Waals surface area contributed by atoms with Crippen LogP contribution in [0.15, 0.2) is 52.8 Å². The van der Waals surface area contributed by atoms with E-state index in [1.54, 1.807) is 22.7 Å². The largest absolute Gasteiger partial charge is 0.504 e. The van der Waals surface area contributed by atoms with Crippen LogP contribution in [0.4, 0.5) is 11.5 Å². The Morgan fingerprint density at radius 3 is 2.71 bits per heavy atom. The minimum atomic E-state index is 0.121. The van der Waals surface area contributed by atoms with Crippen molar-refractivity contribution in [3.8, 4) is 11.5 Å². The van der Waals surface area contributed by atoms with Gasteiger partial charge in [-0.05, 0) is 49.7 Å². The van der Waals surface area contributed by atoms with Crippen molar-refractivity contribution in [2.24, 2.45) is 10.2 Å². The zero-order chi connectivity index (χ0) is 16.9. The zero-order valence-electron chi connectivity index (χ0n) is 13.8. The van der Waals surface area contributed by atoms with Crippen molar-refractivity contribution in [2.75, 3.05) is 6.61 Å². The number of fused-ring (bicyclic) bond motifs is 1. The summed E-state index contributed by atoms with van der Waals surface area (Å²) in [7, 11) is 0. The maximum absolute atomic E-state index is 9.84. The van der Waals surface area contributed by atoms with Crippen LogP contribution in [-0.4, -0.2) is 21.1 Å². The summed E-state index contributed by atoms with van der Waals surface area (Å²) in [5.74, 6) is 1.55. The Kier molecular flexibility index (Phi) is 4.74. The fourth-order valence-electron chi connectivity index (χ4n) is 2.32. The van der Waals surface area contributed by atoms with Gasteiger partial charge in [-0.2, -0.15) is 0 Å². The molecule has 0 aliphatic rings. The van der Waals surface area contributed by atoms with Gasteiger partial charge in [0, 0.05) is 6.20 Å². The van der Waals surface area contributed by atoms with Gasteiger partial charge in [0.25, 0.3) is 0 Å².